The van der Waals surface area contributed by atoms with E-state index in [4.69, 9.17) is 4.74 Å². The lowest BCUT2D eigenvalue weighted by Crippen LogP contribution is -2.35. The molecule has 24 heavy (non-hydrogen) atoms. The van der Waals surface area contributed by atoms with Gasteiger partial charge in [0.1, 0.15) is 10.8 Å². The fraction of sp³-hybridized carbons (Fsp3) is 0.412. The molecule has 1 aromatic heterocycles. The zero-order chi connectivity index (χ0) is 16.9. The number of aromatic nitrogens is 1. The molecule has 5 nitrogen and oxygen atoms in total. The Morgan fingerprint density at radius 3 is 2.92 bits per heavy atom. The van der Waals surface area contributed by atoms with Crippen LogP contribution in [0.25, 0.3) is 0 Å². The first-order valence-corrected chi connectivity index (χ1v) is 9.58. The van der Waals surface area contributed by atoms with Crippen LogP contribution in [0.1, 0.15) is 21.8 Å². The minimum Gasteiger partial charge on any atom is -0.496 e. The molecule has 1 aliphatic rings. The van der Waals surface area contributed by atoms with Crippen LogP contribution >= 0.6 is 27.3 Å². The van der Waals surface area contributed by atoms with Crippen molar-refractivity contribution < 1.29 is 9.53 Å². The molecule has 0 radical (unpaired) electrons. The van der Waals surface area contributed by atoms with E-state index < -0.39 is 0 Å². The number of hydrogen-bond donors (Lipinski definition) is 0. The molecule has 0 bridgehead atoms. The quantitative estimate of drug-likeness (QED) is 0.777. The molecule has 2 aromatic rings. The Hall–Kier alpha value is -1.44. The monoisotopic (exact) mass is 409 g/mol. The Labute approximate surface area is 154 Å². The van der Waals surface area contributed by atoms with Crippen LogP contribution in [-0.4, -0.2) is 54.0 Å². The third-order valence-electron chi connectivity index (χ3n) is 4.12. The van der Waals surface area contributed by atoms with Crippen molar-refractivity contribution in [1.82, 2.24) is 14.8 Å². The minimum absolute atomic E-state index is 0.0782. The van der Waals surface area contributed by atoms with Crippen molar-refractivity contribution in [3.63, 3.8) is 0 Å². The second kappa shape index (κ2) is 8.09. The van der Waals surface area contributed by atoms with Gasteiger partial charge in [0.2, 0.25) is 0 Å². The minimum atomic E-state index is 0.0782. The van der Waals surface area contributed by atoms with Gasteiger partial charge in [-0.2, -0.15) is 0 Å². The van der Waals surface area contributed by atoms with Gasteiger partial charge in [0.05, 0.1) is 18.1 Å². The zero-order valence-corrected chi connectivity index (χ0v) is 16.0. The Kier molecular flexibility index (Phi) is 5.86. The molecule has 1 fully saturated rings. The highest BCUT2D eigenvalue weighted by atomic mass is 79.9. The molecular weight excluding hydrogens is 390 g/mol. The molecule has 3 rings (SSSR count). The average molecular weight is 410 g/mol. The molecule has 0 saturated carbocycles. The Morgan fingerprint density at radius 1 is 1.33 bits per heavy atom. The first-order valence-electron chi connectivity index (χ1n) is 7.91. The van der Waals surface area contributed by atoms with Crippen molar-refractivity contribution in [2.75, 3.05) is 33.3 Å². The molecule has 0 atom stereocenters. The highest BCUT2D eigenvalue weighted by molar-refractivity contribution is 9.10. The van der Waals surface area contributed by atoms with Gasteiger partial charge in [-0.15, -0.1) is 11.3 Å². The van der Waals surface area contributed by atoms with Crippen LogP contribution in [0.2, 0.25) is 0 Å². The van der Waals surface area contributed by atoms with Crippen molar-refractivity contribution in [1.29, 1.82) is 0 Å². The van der Waals surface area contributed by atoms with E-state index in [0.717, 1.165) is 54.4 Å². The highest BCUT2D eigenvalue weighted by Crippen LogP contribution is 2.26. The van der Waals surface area contributed by atoms with Crippen LogP contribution < -0.4 is 4.74 Å². The summed E-state index contributed by atoms with van der Waals surface area (Å²) < 4.78 is 6.03. The maximum atomic E-state index is 12.8. The molecule has 128 valence electrons. The van der Waals surface area contributed by atoms with Crippen molar-refractivity contribution in [2.45, 2.75) is 13.0 Å². The second-order valence-corrected chi connectivity index (χ2v) is 7.53. The molecule has 1 saturated heterocycles. The van der Waals surface area contributed by atoms with Gasteiger partial charge in [-0.05, 0) is 40.5 Å². The number of hydrogen-bond acceptors (Lipinski definition) is 5. The van der Waals surface area contributed by atoms with Gasteiger partial charge >= 0.3 is 0 Å². The maximum Gasteiger partial charge on any atom is 0.253 e. The second-order valence-electron chi connectivity index (χ2n) is 5.70. The lowest BCUT2D eigenvalue weighted by atomic mass is 10.2. The molecule has 7 heteroatoms. The summed E-state index contributed by atoms with van der Waals surface area (Å²) in [6.45, 7) is 4.27. The Balaban J connectivity index is 1.62. The molecule has 1 amide bonds. The number of ether oxygens (including phenoxy) is 1. The molecule has 2 heterocycles. The van der Waals surface area contributed by atoms with E-state index >= 15 is 0 Å². The Morgan fingerprint density at radius 2 is 2.21 bits per heavy atom. The van der Waals surface area contributed by atoms with E-state index in [1.165, 1.54) is 0 Å². The van der Waals surface area contributed by atoms with Crippen LogP contribution in [0.5, 0.6) is 5.75 Å². The normalized spacial score (nSPS) is 16.0. The van der Waals surface area contributed by atoms with Crippen molar-refractivity contribution in [3.8, 4) is 5.75 Å². The van der Waals surface area contributed by atoms with Crippen LogP contribution in [0.15, 0.2) is 34.2 Å². The highest BCUT2D eigenvalue weighted by Gasteiger charge is 2.21. The summed E-state index contributed by atoms with van der Waals surface area (Å²) in [7, 11) is 1.62. The summed E-state index contributed by atoms with van der Waals surface area (Å²) in [5.41, 5.74) is 0.691. The number of amides is 1. The van der Waals surface area contributed by atoms with Gasteiger partial charge < -0.3 is 9.64 Å². The summed E-state index contributed by atoms with van der Waals surface area (Å²) in [6.07, 6.45) is 2.82. The van der Waals surface area contributed by atoms with Crippen LogP contribution in [0.4, 0.5) is 0 Å². The molecule has 0 aliphatic carbocycles. The molecule has 0 spiro atoms. The summed E-state index contributed by atoms with van der Waals surface area (Å²) in [5, 5.41) is 3.14. The SMILES string of the molecule is COc1ccc(C(=O)N2CCCN(Cc3nccs3)CC2)cc1Br. The van der Waals surface area contributed by atoms with Gasteiger partial charge in [-0.25, -0.2) is 4.98 Å². The number of carbonyl (C=O) groups excluding carboxylic acids is 1. The molecule has 0 unspecified atom stereocenters. The topological polar surface area (TPSA) is 45.7 Å². The molecule has 1 aromatic carbocycles. The van der Waals surface area contributed by atoms with Gasteiger partial charge in [0.15, 0.2) is 0 Å². The van der Waals surface area contributed by atoms with Crippen molar-refractivity contribution >= 4 is 33.2 Å². The molecule has 1 aliphatic heterocycles. The third-order valence-corrected chi connectivity index (χ3v) is 5.50. The smallest absolute Gasteiger partial charge is 0.253 e. The number of thiazole rings is 1. The van der Waals surface area contributed by atoms with Gasteiger partial charge in [0.25, 0.3) is 5.91 Å². The van der Waals surface area contributed by atoms with E-state index in [1.54, 1.807) is 18.4 Å². The van der Waals surface area contributed by atoms with E-state index in [2.05, 4.69) is 25.8 Å². The first-order chi connectivity index (χ1) is 11.7. The number of nitrogens with zero attached hydrogens (tertiary/aromatic N) is 3. The number of halogens is 1. The lowest BCUT2D eigenvalue weighted by Gasteiger charge is -2.22. The lowest BCUT2D eigenvalue weighted by molar-refractivity contribution is 0.0761. The molecule has 0 N–H and O–H groups in total. The van der Waals surface area contributed by atoms with E-state index in [9.17, 15) is 4.79 Å². The summed E-state index contributed by atoms with van der Waals surface area (Å²) >= 11 is 5.13. The summed E-state index contributed by atoms with van der Waals surface area (Å²) in [4.78, 5) is 21.4. The summed E-state index contributed by atoms with van der Waals surface area (Å²) in [6, 6.07) is 5.48. The van der Waals surface area contributed by atoms with Gasteiger partial charge in [-0.1, -0.05) is 0 Å². The van der Waals surface area contributed by atoms with Gasteiger partial charge in [-0.3, -0.25) is 9.69 Å². The molecular formula is C17H20BrN3O2S. The third kappa shape index (κ3) is 4.15. The van der Waals surface area contributed by atoms with Gasteiger partial charge in [0, 0.05) is 43.3 Å². The number of methoxy groups -OCH3 is 1. The van der Waals surface area contributed by atoms with E-state index in [0.29, 0.717) is 5.56 Å². The standard InChI is InChI=1S/C17H20BrN3O2S/c1-23-15-4-3-13(11-14(15)18)17(22)21-7-2-6-20(8-9-21)12-16-19-5-10-24-16/h3-5,10-11H,2,6-9,12H2,1H3. The fourth-order valence-electron chi connectivity index (χ4n) is 2.84. The summed E-state index contributed by atoms with van der Waals surface area (Å²) in [5.74, 6) is 0.812. The number of rotatable bonds is 4. The van der Waals surface area contributed by atoms with E-state index in [1.807, 2.05) is 34.7 Å². The van der Waals surface area contributed by atoms with Crippen molar-refractivity contribution in [3.05, 3.63) is 44.8 Å². The zero-order valence-electron chi connectivity index (χ0n) is 13.6. The maximum absolute atomic E-state index is 12.8. The predicted molar refractivity (Wildman–Crippen MR) is 98.6 cm³/mol. The largest absolute Gasteiger partial charge is 0.496 e. The fourth-order valence-corrected chi connectivity index (χ4v) is 4.03. The number of benzene rings is 1. The van der Waals surface area contributed by atoms with Crippen LogP contribution in [0.3, 0.4) is 0 Å². The van der Waals surface area contributed by atoms with Crippen LogP contribution in [0, 0.1) is 0 Å². The van der Waals surface area contributed by atoms with E-state index in [-0.39, 0.29) is 5.91 Å². The van der Waals surface area contributed by atoms with Crippen LogP contribution in [-0.2, 0) is 6.54 Å². The van der Waals surface area contributed by atoms with Crippen molar-refractivity contribution in [2.24, 2.45) is 0 Å². The number of carbonyl (C=O) groups is 1. The average Bonchev–Trinajstić information content (AvgIpc) is 2.98. The predicted octanol–water partition coefficient (Wildman–Crippen LogP) is 3.26. The Bertz CT molecular complexity index is 693. The first kappa shape index (κ1) is 17.4.